The van der Waals surface area contributed by atoms with Crippen molar-refractivity contribution >= 4 is 18.4 Å². The van der Waals surface area contributed by atoms with Gasteiger partial charge in [-0.15, -0.1) is 10.2 Å². The summed E-state index contributed by atoms with van der Waals surface area (Å²) in [6.07, 6.45) is 9.38. The zero-order valence-electron chi connectivity index (χ0n) is 19.0. The number of rotatable bonds is 2. The van der Waals surface area contributed by atoms with Crippen LogP contribution in [0.2, 0.25) is 0 Å². The molecule has 0 unspecified atom stereocenters. The minimum absolute atomic E-state index is 0.445. The summed E-state index contributed by atoms with van der Waals surface area (Å²) in [5.41, 5.74) is 4.78. The number of benzene rings is 2. The molecule has 0 bridgehead atoms. The van der Waals surface area contributed by atoms with Gasteiger partial charge in [0.2, 0.25) is 0 Å². The molecule has 0 amide bonds. The molecule has 1 aromatic heterocycles. The van der Waals surface area contributed by atoms with Crippen molar-refractivity contribution in [3.05, 3.63) is 65.5 Å². The van der Waals surface area contributed by atoms with Crippen LogP contribution in [-0.2, 0) is 6.42 Å². The molecule has 1 aliphatic heterocycles. The molecule has 172 valence electrons. The van der Waals surface area contributed by atoms with Crippen molar-refractivity contribution in [2.45, 2.75) is 45.4 Å². The molecule has 2 heterocycles. The number of ether oxygens (including phenoxy) is 2. The Morgan fingerprint density at radius 1 is 0.818 bits per heavy atom. The Labute approximate surface area is 194 Å². The molecular formula is C25H30N6O2. The van der Waals surface area contributed by atoms with Crippen LogP contribution in [0.3, 0.4) is 0 Å². The Bertz CT molecular complexity index is 1090. The molecule has 0 aliphatic carbocycles. The second-order valence-electron chi connectivity index (χ2n) is 7.80. The first-order valence-electron chi connectivity index (χ1n) is 11.6. The lowest BCUT2D eigenvalue weighted by atomic mass is 10.2. The Morgan fingerprint density at radius 3 is 2.12 bits per heavy atom. The van der Waals surface area contributed by atoms with Gasteiger partial charge in [-0.25, -0.2) is 5.43 Å². The summed E-state index contributed by atoms with van der Waals surface area (Å²) in [6.45, 7) is 3.44. The molecule has 8 nitrogen and oxygen atoms in total. The first-order valence-corrected chi connectivity index (χ1v) is 11.6. The Hall–Kier alpha value is -3.68. The Morgan fingerprint density at radius 2 is 1.45 bits per heavy atom. The van der Waals surface area contributed by atoms with Crippen molar-refractivity contribution in [2.24, 2.45) is 10.2 Å². The van der Waals surface area contributed by atoms with Gasteiger partial charge < -0.3 is 9.47 Å². The third-order valence-electron chi connectivity index (χ3n) is 5.25. The zero-order chi connectivity index (χ0) is 22.7. The van der Waals surface area contributed by atoms with Crippen LogP contribution in [0.1, 0.15) is 56.0 Å². The van der Waals surface area contributed by atoms with Crippen LogP contribution in [0, 0.1) is 0 Å². The monoisotopic (exact) mass is 446 g/mol. The van der Waals surface area contributed by atoms with Crippen LogP contribution in [0.25, 0.3) is 0 Å². The van der Waals surface area contributed by atoms with Crippen LogP contribution < -0.4 is 14.9 Å². The Kier molecular flexibility index (Phi) is 8.05. The predicted molar refractivity (Wildman–Crippen MR) is 131 cm³/mol. The number of aromatic nitrogens is 3. The van der Waals surface area contributed by atoms with E-state index < -0.39 is 0 Å². The van der Waals surface area contributed by atoms with Gasteiger partial charge in [-0.05, 0) is 56.4 Å². The van der Waals surface area contributed by atoms with E-state index in [1.807, 2.05) is 48.5 Å². The van der Waals surface area contributed by atoms with Gasteiger partial charge in [0.15, 0.2) is 5.82 Å². The number of para-hydroxylation sites is 2. The number of hydrogen-bond acceptors (Lipinski definition) is 7. The van der Waals surface area contributed by atoms with E-state index in [0.29, 0.717) is 19.2 Å². The topological polar surface area (TPSA) is 85.9 Å². The molecule has 0 saturated heterocycles. The van der Waals surface area contributed by atoms with Gasteiger partial charge in [0.05, 0.1) is 25.6 Å². The van der Waals surface area contributed by atoms with Crippen molar-refractivity contribution in [3.63, 3.8) is 0 Å². The molecule has 4 rings (SSSR count). The highest BCUT2D eigenvalue weighted by Crippen LogP contribution is 2.19. The maximum Gasteiger partial charge on any atom is 0.266 e. The minimum Gasteiger partial charge on any atom is -0.493 e. The van der Waals surface area contributed by atoms with Gasteiger partial charge in [0.1, 0.15) is 11.5 Å². The maximum absolute atomic E-state index is 6.04. The first-order chi connectivity index (χ1) is 16.3. The minimum atomic E-state index is 0.445. The maximum atomic E-state index is 6.04. The Balaban J connectivity index is 1.64. The van der Waals surface area contributed by atoms with E-state index in [4.69, 9.17) is 9.47 Å². The number of nitrogens with one attached hydrogen (secondary N) is 1. The standard InChI is InChI=1S/C25H30N6O2/c1-2-11-24-28-30-25-29-26-18-20-12-5-7-14-22(20)32-16-9-3-4-10-17-33-23-15-8-6-13-21(23)19-27-31(24)25/h5-8,12-15,18-19H,2-4,9-11,16-17H2,1H3,(H,29,30)/b26-18+,27-19+. The highest BCUT2D eigenvalue weighted by atomic mass is 16.5. The number of nitrogens with zero attached hydrogens (tertiary/aromatic N) is 5. The molecule has 1 aliphatic rings. The van der Waals surface area contributed by atoms with Crippen LogP contribution in [-0.4, -0.2) is 40.5 Å². The molecule has 0 spiro atoms. The van der Waals surface area contributed by atoms with E-state index >= 15 is 0 Å². The van der Waals surface area contributed by atoms with Gasteiger partial charge >= 0.3 is 0 Å². The largest absolute Gasteiger partial charge is 0.493 e. The van der Waals surface area contributed by atoms with E-state index in [2.05, 4.69) is 32.7 Å². The summed E-state index contributed by atoms with van der Waals surface area (Å²) >= 11 is 0. The molecular weight excluding hydrogens is 416 g/mol. The second-order valence-corrected chi connectivity index (χ2v) is 7.80. The van der Waals surface area contributed by atoms with Gasteiger partial charge in [-0.1, -0.05) is 31.2 Å². The fourth-order valence-corrected chi connectivity index (χ4v) is 3.52. The van der Waals surface area contributed by atoms with Crippen molar-refractivity contribution in [3.8, 4) is 11.5 Å². The number of fused-ring (bicyclic) bond motifs is 3. The molecule has 0 atom stereocenters. The average molecular weight is 447 g/mol. The highest BCUT2D eigenvalue weighted by molar-refractivity contribution is 5.84. The van der Waals surface area contributed by atoms with Gasteiger partial charge in [-0.2, -0.15) is 14.9 Å². The van der Waals surface area contributed by atoms with Crippen molar-refractivity contribution in [1.29, 1.82) is 0 Å². The van der Waals surface area contributed by atoms with E-state index in [0.717, 1.165) is 67.0 Å². The SMILES string of the molecule is CCCc1nnc2n1/N=C/c1ccccc1OCCCCCCOc1ccccc1/C=N/N2. The van der Waals surface area contributed by atoms with Crippen molar-refractivity contribution in [2.75, 3.05) is 18.6 Å². The number of hydrazone groups is 1. The smallest absolute Gasteiger partial charge is 0.266 e. The molecule has 3 aromatic rings. The van der Waals surface area contributed by atoms with E-state index in [1.165, 1.54) is 0 Å². The third-order valence-corrected chi connectivity index (χ3v) is 5.25. The molecule has 0 radical (unpaired) electrons. The van der Waals surface area contributed by atoms with E-state index in [-0.39, 0.29) is 0 Å². The predicted octanol–water partition coefficient (Wildman–Crippen LogP) is 4.89. The quantitative estimate of drug-likeness (QED) is 0.606. The lowest BCUT2D eigenvalue weighted by molar-refractivity contribution is 0.287. The summed E-state index contributed by atoms with van der Waals surface area (Å²) in [7, 11) is 0. The summed E-state index contributed by atoms with van der Waals surface area (Å²) < 4.78 is 13.7. The molecule has 1 N–H and O–H groups in total. The van der Waals surface area contributed by atoms with Gasteiger partial charge in [0, 0.05) is 17.5 Å². The van der Waals surface area contributed by atoms with Crippen LogP contribution in [0.5, 0.6) is 11.5 Å². The van der Waals surface area contributed by atoms with Crippen molar-refractivity contribution < 1.29 is 9.47 Å². The van der Waals surface area contributed by atoms with Crippen LogP contribution in [0.4, 0.5) is 5.95 Å². The third kappa shape index (κ3) is 6.19. The highest BCUT2D eigenvalue weighted by Gasteiger charge is 2.11. The lowest BCUT2D eigenvalue weighted by Gasteiger charge is -2.10. The fourth-order valence-electron chi connectivity index (χ4n) is 3.52. The summed E-state index contributed by atoms with van der Waals surface area (Å²) in [4.78, 5) is 0. The lowest BCUT2D eigenvalue weighted by Crippen LogP contribution is -2.04. The van der Waals surface area contributed by atoms with Gasteiger partial charge in [-0.3, -0.25) is 0 Å². The van der Waals surface area contributed by atoms with E-state index in [9.17, 15) is 0 Å². The zero-order valence-corrected chi connectivity index (χ0v) is 19.0. The summed E-state index contributed by atoms with van der Waals surface area (Å²) in [5, 5.41) is 17.6. The summed E-state index contributed by atoms with van der Waals surface area (Å²) in [5.74, 6) is 2.83. The normalized spacial score (nSPS) is 16.8. The number of anilines is 1. The first kappa shape index (κ1) is 22.5. The van der Waals surface area contributed by atoms with Crippen LogP contribution in [0.15, 0.2) is 58.7 Å². The van der Waals surface area contributed by atoms with Crippen LogP contribution >= 0.6 is 0 Å². The number of hydrogen-bond donors (Lipinski definition) is 1. The average Bonchev–Trinajstić information content (AvgIpc) is 3.22. The molecule has 0 saturated carbocycles. The summed E-state index contributed by atoms with van der Waals surface area (Å²) in [6, 6.07) is 15.8. The molecule has 33 heavy (non-hydrogen) atoms. The number of aryl methyl sites for hydroxylation is 1. The van der Waals surface area contributed by atoms with Crippen molar-refractivity contribution in [1.82, 2.24) is 14.9 Å². The van der Waals surface area contributed by atoms with E-state index in [1.54, 1.807) is 17.1 Å². The molecule has 8 heteroatoms. The molecule has 0 fully saturated rings. The second kappa shape index (κ2) is 11.8. The fraction of sp³-hybridized carbons (Fsp3) is 0.360. The molecule has 2 aromatic carbocycles. The van der Waals surface area contributed by atoms with Gasteiger partial charge in [0.25, 0.3) is 5.95 Å².